The number of halogens is 1. The van der Waals surface area contributed by atoms with Crippen LogP contribution < -0.4 is 0 Å². The Labute approximate surface area is 120 Å². The number of H-pyrrole nitrogens is 1. The third kappa shape index (κ3) is 2.97. The van der Waals surface area contributed by atoms with Gasteiger partial charge in [0, 0.05) is 0 Å². The summed E-state index contributed by atoms with van der Waals surface area (Å²) in [5, 5.41) is 16.6. The van der Waals surface area contributed by atoms with E-state index < -0.39 is 0 Å². The van der Waals surface area contributed by atoms with Crippen molar-refractivity contribution in [3.05, 3.63) is 65.7 Å². The number of benzene rings is 2. The van der Waals surface area contributed by atoms with Crippen LogP contribution in [0.3, 0.4) is 0 Å². The van der Waals surface area contributed by atoms with E-state index in [2.05, 4.69) is 15.2 Å². The lowest BCUT2D eigenvalue weighted by Crippen LogP contribution is -1.81. The maximum atomic E-state index is 13.1. The molecule has 0 aliphatic carbocycles. The Morgan fingerprint density at radius 3 is 2.71 bits per heavy atom. The number of hydrogen-bond acceptors (Lipinski definition) is 3. The molecule has 0 aliphatic rings. The van der Waals surface area contributed by atoms with Gasteiger partial charge >= 0.3 is 0 Å². The summed E-state index contributed by atoms with van der Waals surface area (Å²) in [5.74, 6) is 0.770. The predicted molar refractivity (Wildman–Crippen MR) is 78.8 cm³/mol. The summed E-state index contributed by atoms with van der Waals surface area (Å²) in [5.41, 5.74) is 1.29. The maximum absolute atomic E-state index is 13.1. The van der Waals surface area contributed by atoms with E-state index in [0.29, 0.717) is 17.2 Å². The van der Waals surface area contributed by atoms with Gasteiger partial charge in [0.15, 0.2) is 5.82 Å². The summed E-state index contributed by atoms with van der Waals surface area (Å²) in [4.78, 5) is 4.27. The molecule has 0 saturated heterocycles. The third-order valence-corrected chi connectivity index (χ3v) is 2.93. The molecule has 2 N–H and O–H groups in total. The molecule has 3 aromatic rings. The van der Waals surface area contributed by atoms with E-state index in [1.807, 2.05) is 0 Å². The van der Waals surface area contributed by atoms with E-state index in [4.69, 9.17) is 0 Å². The number of aromatic amines is 1. The molecule has 0 radical (unpaired) electrons. The molecule has 0 amide bonds. The van der Waals surface area contributed by atoms with Gasteiger partial charge in [-0.1, -0.05) is 30.3 Å². The Bertz CT molecular complexity index is 795. The lowest BCUT2D eigenvalue weighted by molar-refractivity contribution is 0.477. The van der Waals surface area contributed by atoms with Crippen LogP contribution in [0.5, 0.6) is 5.75 Å². The molecule has 0 atom stereocenters. The van der Waals surface area contributed by atoms with Gasteiger partial charge in [0.25, 0.3) is 0 Å². The number of para-hydroxylation sites is 1. The molecular weight excluding hydrogens is 269 g/mol. The minimum absolute atomic E-state index is 0.122. The number of phenolic OH excluding ortho intramolecular Hbond substituents is 1. The summed E-state index contributed by atoms with van der Waals surface area (Å²) in [7, 11) is 0. The van der Waals surface area contributed by atoms with Crippen LogP contribution in [0.2, 0.25) is 0 Å². The van der Waals surface area contributed by atoms with Crippen molar-refractivity contribution < 1.29 is 9.50 Å². The van der Waals surface area contributed by atoms with Gasteiger partial charge in [-0.05, 0) is 35.9 Å². The Morgan fingerprint density at radius 1 is 1.05 bits per heavy atom. The number of aromatic nitrogens is 3. The van der Waals surface area contributed by atoms with Crippen LogP contribution in [-0.4, -0.2) is 20.3 Å². The van der Waals surface area contributed by atoms with Crippen molar-refractivity contribution in [3.8, 4) is 17.1 Å². The highest BCUT2D eigenvalue weighted by molar-refractivity contribution is 5.68. The van der Waals surface area contributed by atoms with Gasteiger partial charge in [0.1, 0.15) is 17.4 Å². The fourth-order valence-electron chi connectivity index (χ4n) is 1.92. The summed E-state index contributed by atoms with van der Waals surface area (Å²) in [6.07, 6.45) is 3.43. The molecular formula is C16H12FN3O. The SMILES string of the molecule is Oc1ccccc1-c1n[nH]c(/C=C/c2cccc(F)c2)n1. The van der Waals surface area contributed by atoms with Crippen LogP contribution in [0.25, 0.3) is 23.5 Å². The van der Waals surface area contributed by atoms with Crippen LogP contribution in [-0.2, 0) is 0 Å². The molecule has 3 rings (SSSR count). The van der Waals surface area contributed by atoms with E-state index in [9.17, 15) is 9.50 Å². The lowest BCUT2D eigenvalue weighted by atomic mass is 10.2. The minimum atomic E-state index is -0.287. The average molecular weight is 281 g/mol. The Balaban J connectivity index is 1.84. The normalized spacial score (nSPS) is 11.1. The van der Waals surface area contributed by atoms with Gasteiger partial charge < -0.3 is 5.11 Å². The van der Waals surface area contributed by atoms with Crippen molar-refractivity contribution >= 4 is 12.2 Å². The van der Waals surface area contributed by atoms with Gasteiger partial charge in [-0.2, -0.15) is 5.10 Å². The largest absolute Gasteiger partial charge is 0.507 e. The average Bonchev–Trinajstić information content (AvgIpc) is 2.94. The van der Waals surface area contributed by atoms with Crippen LogP contribution in [0.15, 0.2) is 48.5 Å². The van der Waals surface area contributed by atoms with Crippen LogP contribution in [0.1, 0.15) is 11.4 Å². The first kappa shape index (κ1) is 13.1. The van der Waals surface area contributed by atoms with E-state index in [1.165, 1.54) is 12.1 Å². The van der Waals surface area contributed by atoms with E-state index in [1.54, 1.807) is 48.6 Å². The molecule has 0 spiro atoms. The number of rotatable bonds is 3. The molecule has 0 fully saturated rings. The standard InChI is InChI=1S/C16H12FN3O/c17-12-5-3-4-11(10-12)8-9-15-18-16(20-19-15)13-6-1-2-7-14(13)21/h1-10,21H,(H,18,19,20)/b9-8+. The molecule has 5 heteroatoms. The number of phenols is 1. The van der Waals surface area contributed by atoms with E-state index in [0.717, 1.165) is 5.56 Å². The van der Waals surface area contributed by atoms with Gasteiger partial charge in [-0.3, -0.25) is 5.10 Å². The summed E-state index contributed by atoms with van der Waals surface area (Å²) < 4.78 is 13.1. The zero-order valence-corrected chi connectivity index (χ0v) is 11.0. The zero-order valence-electron chi connectivity index (χ0n) is 11.0. The van der Waals surface area contributed by atoms with Crippen LogP contribution >= 0.6 is 0 Å². The Hall–Kier alpha value is -2.95. The number of nitrogens with zero attached hydrogens (tertiary/aromatic N) is 2. The third-order valence-electron chi connectivity index (χ3n) is 2.93. The Kier molecular flexibility index (Phi) is 3.47. The quantitative estimate of drug-likeness (QED) is 0.772. The molecule has 1 aromatic heterocycles. The number of nitrogens with one attached hydrogen (secondary N) is 1. The fourth-order valence-corrected chi connectivity index (χ4v) is 1.92. The monoisotopic (exact) mass is 281 g/mol. The van der Waals surface area contributed by atoms with Gasteiger partial charge in [-0.15, -0.1) is 0 Å². The van der Waals surface area contributed by atoms with E-state index >= 15 is 0 Å². The number of hydrogen-bond donors (Lipinski definition) is 2. The fraction of sp³-hybridized carbons (Fsp3) is 0. The molecule has 104 valence electrons. The van der Waals surface area contributed by atoms with Gasteiger partial charge in [-0.25, -0.2) is 9.37 Å². The summed E-state index contributed by atoms with van der Waals surface area (Å²) >= 11 is 0. The molecule has 1 heterocycles. The first-order chi connectivity index (χ1) is 10.2. The summed E-state index contributed by atoms with van der Waals surface area (Å²) in [6.45, 7) is 0. The van der Waals surface area contributed by atoms with Gasteiger partial charge in [0.2, 0.25) is 0 Å². The zero-order chi connectivity index (χ0) is 14.7. The van der Waals surface area contributed by atoms with Crippen LogP contribution in [0.4, 0.5) is 4.39 Å². The second-order valence-corrected chi connectivity index (χ2v) is 4.45. The van der Waals surface area contributed by atoms with Crippen molar-refractivity contribution in [1.29, 1.82) is 0 Å². The highest BCUT2D eigenvalue weighted by atomic mass is 19.1. The lowest BCUT2D eigenvalue weighted by Gasteiger charge is -1.97. The second kappa shape index (κ2) is 5.58. The van der Waals surface area contributed by atoms with Crippen molar-refractivity contribution in [1.82, 2.24) is 15.2 Å². The first-order valence-corrected chi connectivity index (χ1v) is 6.37. The topological polar surface area (TPSA) is 61.8 Å². The highest BCUT2D eigenvalue weighted by Crippen LogP contribution is 2.25. The molecule has 0 bridgehead atoms. The van der Waals surface area contributed by atoms with Crippen LogP contribution in [0, 0.1) is 5.82 Å². The first-order valence-electron chi connectivity index (χ1n) is 6.37. The van der Waals surface area contributed by atoms with Crippen molar-refractivity contribution in [2.24, 2.45) is 0 Å². The van der Waals surface area contributed by atoms with Crippen molar-refractivity contribution in [2.45, 2.75) is 0 Å². The molecule has 4 nitrogen and oxygen atoms in total. The molecule has 0 unspecified atom stereocenters. The Morgan fingerprint density at radius 2 is 1.90 bits per heavy atom. The predicted octanol–water partition coefficient (Wildman–Crippen LogP) is 3.49. The molecule has 0 aliphatic heterocycles. The van der Waals surface area contributed by atoms with Gasteiger partial charge in [0.05, 0.1) is 5.56 Å². The highest BCUT2D eigenvalue weighted by Gasteiger charge is 2.08. The second-order valence-electron chi connectivity index (χ2n) is 4.45. The van der Waals surface area contributed by atoms with Crippen molar-refractivity contribution in [2.75, 3.05) is 0 Å². The van der Waals surface area contributed by atoms with E-state index in [-0.39, 0.29) is 11.6 Å². The smallest absolute Gasteiger partial charge is 0.185 e. The minimum Gasteiger partial charge on any atom is -0.507 e. The summed E-state index contributed by atoms with van der Waals surface area (Å²) in [6, 6.07) is 13.1. The molecule has 2 aromatic carbocycles. The molecule has 21 heavy (non-hydrogen) atoms. The van der Waals surface area contributed by atoms with Crippen molar-refractivity contribution in [3.63, 3.8) is 0 Å². The number of aromatic hydroxyl groups is 1. The molecule has 0 saturated carbocycles. The maximum Gasteiger partial charge on any atom is 0.185 e.